The lowest BCUT2D eigenvalue weighted by atomic mass is 9.96. The number of carbonyl (C=O) groups is 1. The van der Waals surface area contributed by atoms with Crippen molar-refractivity contribution < 1.29 is 9.90 Å². The van der Waals surface area contributed by atoms with Crippen LogP contribution < -0.4 is 0 Å². The molecule has 1 aliphatic rings. The summed E-state index contributed by atoms with van der Waals surface area (Å²) in [7, 11) is 0. The molecule has 1 unspecified atom stereocenters. The molecule has 1 atom stereocenters. The van der Waals surface area contributed by atoms with E-state index in [0.29, 0.717) is 16.6 Å². The highest BCUT2D eigenvalue weighted by atomic mass is 35.5. The summed E-state index contributed by atoms with van der Waals surface area (Å²) in [6.45, 7) is 2.46. The minimum absolute atomic E-state index is 0. The first-order valence-corrected chi connectivity index (χ1v) is 9.96. The summed E-state index contributed by atoms with van der Waals surface area (Å²) in [6.07, 6.45) is 4.80. The van der Waals surface area contributed by atoms with Gasteiger partial charge in [-0.25, -0.2) is 0 Å². The molecule has 0 amide bonds. The minimum atomic E-state index is -0.682. The van der Waals surface area contributed by atoms with Gasteiger partial charge in [-0.1, -0.05) is 53.5 Å². The number of hydrogen-bond donors (Lipinski definition) is 1. The van der Waals surface area contributed by atoms with Crippen LogP contribution in [0.25, 0.3) is 5.57 Å². The van der Waals surface area contributed by atoms with E-state index in [1.165, 1.54) is 0 Å². The van der Waals surface area contributed by atoms with Crippen molar-refractivity contribution in [3.05, 3.63) is 75.8 Å². The zero-order valence-electron chi connectivity index (χ0n) is 15.5. The molecular formula is C22H24Cl3NO2. The predicted molar refractivity (Wildman–Crippen MR) is 119 cm³/mol. The fraction of sp³-hybridized carbons (Fsp3) is 0.318. The molecule has 150 valence electrons. The van der Waals surface area contributed by atoms with E-state index >= 15 is 0 Å². The van der Waals surface area contributed by atoms with Gasteiger partial charge in [-0.05, 0) is 66.8 Å². The normalized spacial score (nSPS) is 16.9. The molecule has 0 radical (unpaired) electrons. The van der Waals surface area contributed by atoms with E-state index < -0.39 is 5.97 Å². The summed E-state index contributed by atoms with van der Waals surface area (Å²) in [5.74, 6) is -0.923. The number of rotatable bonds is 6. The van der Waals surface area contributed by atoms with Gasteiger partial charge in [0, 0.05) is 23.1 Å². The SMILES string of the molecule is Cl.O=C(O)C1CCCN(CCC=C(c2ccc(Cl)cc2)c2ccc(Cl)cc2)C1. The van der Waals surface area contributed by atoms with Crippen LogP contribution in [0.2, 0.25) is 10.0 Å². The maximum Gasteiger partial charge on any atom is 0.307 e. The zero-order valence-corrected chi connectivity index (χ0v) is 17.8. The Morgan fingerprint density at radius 1 is 1.04 bits per heavy atom. The van der Waals surface area contributed by atoms with Crippen LogP contribution in [0.5, 0.6) is 0 Å². The lowest BCUT2D eigenvalue weighted by molar-refractivity contribution is -0.143. The van der Waals surface area contributed by atoms with Crippen molar-refractivity contribution in [1.82, 2.24) is 4.90 Å². The number of carboxylic acids is 1. The number of carboxylic acid groups (broad SMARTS) is 1. The third-order valence-corrected chi connectivity index (χ3v) is 5.46. The van der Waals surface area contributed by atoms with Crippen molar-refractivity contribution in [1.29, 1.82) is 0 Å². The third kappa shape index (κ3) is 6.25. The van der Waals surface area contributed by atoms with Gasteiger partial charge in [0.15, 0.2) is 0 Å². The molecule has 3 nitrogen and oxygen atoms in total. The number of benzene rings is 2. The van der Waals surface area contributed by atoms with Crippen molar-refractivity contribution in [2.45, 2.75) is 19.3 Å². The van der Waals surface area contributed by atoms with Crippen LogP contribution in [0.1, 0.15) is 30.4 Å². The summed E-state index contributed by atoms with van der Waals surface area (Å²) < 4.78 is 0. The van der Waals surface area contributed by atoms with Gasteiger partial charge in [0.2, 0.25) is 0 Å². The van der Waals surface area contributed by atoms with Gasteiger partial charge in [0.1, 0.15) is 0 Å². The average molecular weight is 441 g/mol. The van der Waals surface area contributed by atoms with Crippen molar-refractivity contribution in [2.24, 2.45) is 5.92 Å². The highest BCUT2D eigenvalue weighted by Crippen LogP contribution is 2.27. The van der Waals surface area contributed by atoms with Gasteiger partial charge >= 0.3 is 5.97 Å². The Kier molecular flexibility index (Phi) is 8.84. The van der Waals surface area contributed by atoms with E-state index in [2.05, 4.69) is 11.0 Å². The molecule has 0 spiro atoms. The maximum absolute atomic E-state index is 11.2. The van der Waals surface area contributed by atoms with Crippen molar-refractivity contribution in [2.75, 3.05) is 19.6 Å². The molecule has 0 bridgehead atoms. The molecular weight excluding hydrogens is 417 g/mol. The summed E-state index contributed by atoms with van der Waals surface area (Å²) in [4.78, 5) is 13.5. The second-order valence-corrected chi connectivity index (χ2v) is 7.77. The van der Waals surface area contributed by atoms with Crippen LogP contribution >= 0.6 is 35.6 Å². The number of nitrogens with zero attached hydrogens (tertiary/aromatic N) is 1. The topological polar surface area (TPSA) is 40.5 Å². The molecule has 3 rings (SSSR count). The summed E-state index contributed by atoms with van der Waals surface area (Å²) in [5, 5.41) is 10.7. The Labute approximate surface area is 182 Å². The lowest BCUT2D eigenvalue weighted by Gasteiger charge is -2.30. The summed E-state index contributed by atoms with van der Waals surface area (Å²) in [5.41, 5.74) is 3.34. The van der Waals surface area contributed by atoms with Crippen molar-refractivity contribution in [3.8, 4) is 0 Å². The van der Waals surface area contributed by atoms with E-state index in [0.717, 1.165) is 49.1 Å². The van der Waals surface area contributed by atoms with Gasteiger partial charge in [-0.3, -0.25) is 4.79 Å². The quantitative estimate of drug-likeness (QED) is 0.596. The first kappa shape index (κ1) is 22.8. The molecule has 1 fully saturated rings. The monoisotopic (exact) mass is 439 g/mol. The van der Waals surface area contributed by atoms with Gasteiger partial charge in [-0.2, -0.15) is 0 Å². The standard InChI is InChI=1S/C22H23Cl2NO2.ClH/c23-19-9-5-16(6-10-19)21(17-7-11-20(24)12-8-17)4-2-14-25-13-1-3-18(15-25)22(26)27;/h4-12,18H,1-3,13-15H2,(H,26,27);1H. The average Bonchev–Trinajstić information content (AvgIpc) is 2.67. The largest absolute Gasteiger partial charge is 0.481 e. The number of aliphatic carboxylic acids is 1. The highest BCUT2D eigenvalue weighted by Gasteiger charge is 2.24. The summed E-state index contributed by atoms with van der Waals surface area (Å²) in [6, 6.07) is 15.6. The Bertz CT molecular complexity index is 756. The van der Waals surface area contributed by atoms with Crippen LogP contribution in [-0.2, 0) is 4.79 Å². The van der Waals surface area contributed by atoms with Gasteiger partial charge in [0.25, 0.3) is 0 Å². The fourth-order valence-electron chi connectivity index (χ4n) is 3.51. The molecule has 0 aliphatic carbocycles. The predicted octanol–water partition coefficient (Wildman–Crippen LogP) is 6.03. The van der Waals surface area contributed by atoms with Crippen LogP contribution in [0, 0.1) is 5.92 Å². The van der Waals surface area contributed by atoms with Gasteiger partial charge in [-0.15, -0.1) is 12.4 Å². The fourth-order valence-corrected chi connectivity index (χ4v) is 3.76. The Balaban J connectivity index is 0.00000280. The molecule has 1 aliphatic heterocycles. The Morgan fingerprint density at radius 2 is 1.57 bits per heavy atom. The molecule has 0 aromatic heterocycles. The van der Waals surface area contributed by atoms with E-state index in [9.17, 15) is 9.90 Å². The molecule has 28 heavy (non-hydrogen) atoms. The van der Waals surface area contributed by atoms with Crippen molar-refractivity contribution >= 4 is 47.2 Å². The zero-order chi connectivity index (χ0) is 19.2. The van der Waals surface area contributed by atoms with Crippen LogP contribution in [0.4, 0.5) is 0 Å². The first-order chi connectivity index (χ1) is 13.0. The minimum Gasteiger partial charge on any atom is -0.481 e. The molecule has 0 saturated carbocycles. The van der Waals surface area contributed by atoms with E-state index in [4.69, 9.17) is 23.2 Å². The van der Waals surface area contributed by atoms with Crippen LogP contribution in [-0.4, -0.2) is 35.6 Å². The molecule has 1 saturated heterocycles. The van der Waals surface area contributed by atoms with Gasteiger partial charge in [0.05, 0.1) is 5.92 Å². The molecule has 2 aromatic rings. The lowest BCUT2D eigenvalue weighted by Crippen LogP contribution is -2.39. The molecule has 1 heterocycles. The van der Waals surface area contributed by atoms with E-state index in [1.54, 1.807) is 0 Å². The van der Waals surface area contributed by atoms with E-state index in [1.807, 2.05) is 48.5 Å². The molecule has 2 aromatic carbocycles. The molecule has 1 N–H and O–H groups in total. The third-order valence-electron chi connectivity index (χ3n) is 4.96. The maximum atomic E-state index is 11.2. The smallest absolute Gasteiger partial charge is 0.307 e. The second-order valence-electron chi connectivity index (χ2n) is 6.90. The first-order valence-electron chi connectivity index (χ1n) is 9.20. The van der Waals surface area contributed by atoms with Crippen molar-refractivity contribution in [3.63, 3.8) is 0 Å². The number of halogens is 3. The number of likely N-dealkylation sites (tertiary alicyclic amines) is 1. The van der Waals surface area contributed by atoms with E-state index in [-0.39, 0.29) is 18.3 Å². The van der Waals surface area contributed by atoms with Crippen LogP contribution in [0.15, 0.2) is 54.6 Å². The second kappa shape index (κ2) is 10.9. The molecule has 6 heteroatoms. The number of hydrogen-bond acceptors (Lipinski definition) is 2. The van der Waals surface area contributed by atoms with Gasteiger partial charge < -0.3 is 10.0 Å². The number of piperidine rings is 1. The van der Waals surface area contributed by atoms with Crippen LogP contribution in [0.3, 0.4) is 0 Å². The summed E-state index contributed by atoms with van der Waals surface area (Å²) >= 11 is 12.1. The highest BCUT2D eigenvalue weighted by molar-refractivity contribution is 6.31. The Morgan fingerprint density at radius 3 is 2.07 bits per heavy atom. The Hall–Kier alpha value is -1.52.